The third kappa shape index (κ3) is 6.07. The number of carbonyl (C=O) groups is 1. The molecule has 128 valence electrons. The van der Waals surface area contributed by atoms with Crippen LogP contribution in [-0.4, -0.2) is 19.0 Å². The van der Waals surface area contributed by atoms with Crippen LogP contribution < -0.4 is 10.6 Å². The second-order valence-corrected chi connectivity index (χ2v) is 6.36. The highest BCUT2D eigenvalue weighted by atomic mass is 16.1. The van der Waals surface area contributed by atoms with E-state index in [0.29, 0.717) is 18.9 Å². The quantitative estimate of drug-likeness (QED) is 0.673. The predicted octanol–water partition coefficient (Wildman–Crippen LogP) is 4.36. The van der Waals surface area contributed by atoms with Gasteiger partial charge in [-0.2, -0.15) is 0 Å². The fourth-order valence-corrected chi connectivity index (χ4v) is 2.73. The van der Waals surface area contributed by atoms with Gasteiger partial charge in [-0.3, -0.25) is 4.79 Å². The highest BCUT2D eigenvalue weighted by molar-refractivity contribution is 5.76. The van der Waals surface area contributed by atoms with Crippen LogP contribution in [0.25, 0.3) is 0 Å². The van der Waals surface area contributed by atoms with E-state index in [-0.39, 0.29) is 5.91 Å². The van der Waals surface area contributed by atoms with E-state index in [0.717, 1.165) is 25.1 Å². The number of anilines is 1. The van der Waals surface area contributed by atoms with Crippen molar-refractivity contribution in [2.24, 2.45) is 0 Å². The summed E-state index contributed by atoms with van der Waals surface area (Å²) in [4.78, 5) is 11.9. The SMILES string of the molecule is CC(C)c1ccccc1NCCC(=O)NCCCc1ccccc1. The Morgan fingerprint density at radius 2 is 1.67 bits per heavy atom. The van der Waals surface area contributed by atoms with Crippen molar-refractivity contribution < 1.29 is 4.79 Å². The Hall–Kier alpha value is -2.29. The van der Waals surface area contributed by atoms with Crippen LogP contribution in [0.4, 0.5) is 5.69 Å². The molecule has 0 unspecified atom stereocenters. The first kappa shape index (κ1) is 18.1. The van der Waals surface area contributed by atoms with Crippen LogP contribution in [0.15, 0.2) is 54.6 Å². The molecule has 2 rings (SSSR count). The van der Waals surface area contributed by atoms with Crippen LogP contribution in [0.3, 0.4) is 0 Å². The molecule has 0 spiro atoms. The van der Waals surface area contributed by atoms with Gasteiger partial charge in [0.1, 0.15) is 0 Å². The number of carbonyl (C=O) groups excluding carboxylic acids is 1. The Labute approximate surface area is 145 Å². The molecule has 0 aliphatic heterocycles. The number of hydrogen-bond donors (Lipinski definition) is 2. The van der Waals surface area contributed by atoms with E-state index in [2.05, 4.69) is 66.9 Å². The summed E-state index contributed by atoms with van der Waals surface area (Å²) in [5.41, 5.74) is 3.74. The largest absolute Gasteiger partial charge is 0.384 e. The summed E-state index contributed by atoms with van der Waals surface area (Å²) in [6, 6.07) is 18.7. The van der Waals surface area contributed by atoms with Crippen molar-refractivity contribution in [2.75, 3.05) is 18.4 Å². The summed E-state index contributed by atoms with van der Waals surface area (Å²) in [5.74, 6) is 0.582. The molecule has 0 saturated carbocycles. The van der Waals surface area contributed by atoms with Gasteiger partial charge in [0.05, 0.1) is 0 Å². The van der Waals surface area contributed by atoms with Crippen molar-refractivity contribution in [3.8, 4) is 0 Å². The van der Waals surface area contributed by atoms with E-state index < -0.39 is 0 Å². The first-order valence-corrected chi connectivity index (χ1v) is 8.80. The van der Waals surface area contributed by atoms with E-state index in [1.807, 2.05) is 12.1 Å². The molecule has 0 aliphatic carbocycles. The van der Waals surface area contributed by atoms with E-state index in [1.165, 1.54) is 11.1 Å². The first-order chi connectivity index (χ1) is 11.7. The summed E-state index contributed by atoms with van der Waals surface area (Å²) in [7, 11) is 0. The summed E-state index contributed by atoms with van der Waals surface area (Å²) < 4.78 is 0. The van der Waals surface area contributed by atoms with E-state index in [9.17, 15) is 4.79 Å². The molecule has 0 aromatic heterocycles. The molecule has 1 amide bonds. The lowest BCUT2D eigenvalue weighted by molar-refractivity contribution is -0.120. The second kappa shape index (κ2) is 9.76. The third-order valence-corrected chi connectivity index (χ3v) is 4.06. The lowest BCUT2D eigenvalue weighted by atomic mass is 10.0. The fourth-order valence-electron chi connectivity index (χ4n) is 2.73. The molecule has 3 nitrogen and oxygen atoms in total. The maximum Gasteiger partial charge on any atom is 0.221 e. The summed E-state index contributed by atoms with van der Waals surface area (Å²) in [5, 5.41) is 6.38. The highest BCUT2D eigenvalue weighted by Crippen LogP contribution is 2.23. The monoisotopic (exact) mass is 324 g/mol. The Bertz CT molecular complexity index is 623. The number of amides is 1. The summed E-state index contributed by atoms with van der Waals surface area (Å²) >= 11 is 0. The van der Waals surface area contributed by atoms with Gasteiger partial charge in [-0.25, -0.2) is 0 Å². The van der Waals surface area contributed by atoms with Crippen molar-refractivity contribution >= 4 is 11.6 Å². The highest BCUT2D eigenvalue weighted by Gasteiger charge is 2.06. The van der Waals surface area contributed by atoms with Crippen molar-refractivity contribution in [3.05, 3.63) is 65.7 Å². The van der Waals surface area contributed by atoms with Gasteiger partial charge in [0, 0.05) is 25.2 Å². The van der Waals surface area contributed by atoms with Gasteiger partial charge in [0.15, 0.2) is 0 Å². The van der Waals surface area contributed by atoms with Crippen LogP contribution in [-0.2, 0) is 11.2 Å². The maximum atomic E-state index is 11.9. The molecule has 0 saturated heterocycles. The van der Waals surface area contributed by atoms with Crippen LogP contribution in [0.5, 0.6) is 0 Å². The zero-order valence-corrected chi connectivity index (χ0v) is 14.7. The van der Waals surface area contributed by atoms with Gasteiger partial charge in [-0.1, -0.05) is 62.4 Å². The topological polar surface area (TPSA) is 41.1 Å². The Balaban J connectivity index is 1.63. The molecule has 0 atom stereocenters. The molecular weight excluding hydrogens is 296 g/mol. The lowest BCUT2D eigenvalue weighted by Gasteiger charge is -2.14. The molecular formula is C21H28N2O. The minimum absolute atomic E-state index is 0.109. The maximum absolute atomic E-state index is 11.9. The van der Waals surface area contributed by atoms with Gasteiger partial charge in [0.2, 0.25) is 5.91 Å². The van der Waals surface area contributed by atoms with E-state index in [4.69, 9.17) is 0 Å². The zero-order valence-electron chi connectivity index (χ0n) is 14.7. The van der Waals surface area contributed by atoms with Gasteiger partial charge in [-0.05, 0) is 36.0 Å². The van der Waals surface area contributed by atoms with Gasteiger partial charge < -0.3 is 10.6 Å². The number of benzene rings is 2. The molecule has 0 radical (unpaired) electrons. The summed E-state index contributed by atoms with van der Waals surface area (Å²) in [6.07, 6.45) is 2.47. The van der Waals surface area contributed by atoms with Gasteiger partial charge in [0.25, 0.3) is 0 Å². The normalized spacial score (nSPS) is 10.6. The number of hydrogen-bond acceptors (Lipinski definition) is 2. The molecule has 2 N–H and O–H groups in total. The average molecular weight is 324 g/mol. The molecule has 0 aliphatic rings. The molecule has 0 heterocycles. The Morgan fingerprint density at radius 3 is 2.42 bits per heavy atom. The minimum atomic E-state index is 0.109. The Kier molecular flexibility index (Phi) is 7.34. The molecule has 0 bridgehead atoms. The fraction of sp³-hybridized carbons (Fsp3) is 0.381. The van der Waals surface area contributed by atoms with Crippen molar-refractivity contribution in [1.82, 2.24) is 5.32 Å². The summed E-state index contributed by atoms with van der Waals surface area (Å²) in [6.45, 7) is 5.75. The van der Waals surface area contributed by atoms with Crippen LogP contribution in [0, 0.1) is 0 Å². The number of nitrogens with one attached hydrogen (secondary N) is 2. The molecule has 2 aromatic carbocycles. The van der Waals surface area contributed by atoms with E-state index >= 15 is 0 Å². The smallest absolute Gasteiger partial charge is 0.221 e. The minimum Gasteiger partial charge on any atom is -0.384 e. The Morgan fingerprint density at radius 1 is 0.958 bits per heavy atom. The van der Waals surface area contributed by atoms with E-state index in [1.54, 1.807) is 0 Å². The van der Waals surface area contributed by atoms with Crippen LogP contribution in [0.1, 0.15) is 43.7 Å². The van der Waals surface area contributed by atoms with Crippen LogP contribution in [0.2, 0.25) is 0 Å². The third-order valence-electron chi connectivity index (χ3n) is 4.06. The van der Waals surface area contributed by atoms with Crippen LogP contribution >= 0.6 is 0 Å². The first-order valence-electron chi connectivity index (χ1n) is 8.80. The molecule has 0 fully saturated rings. The zero-order chi connectivity index (χ0) is 17.2. The second-order valence-electron chi connectivity index (χ2n) is 6.36. The standard InChI is InChI=1S/C21H28N2O/c1-17(2)19-12-6-7-13-20(19)22-16-14-21(24)23-15-8-11-18-9-4-3-5-10-18/h3-7,9-10,12-13,17,22H,8,11,14-16H2,1-2H3,(H,23,24). The number of para-hydroxylation sites is 1. The van der Waals surface area contributed by atoms with Crippen molar-refractivity contribution in [3.63, 3.8) is 0 Å². The van der Waals surface area contributed by atoms with Crippen molar-refractivity contribution in [1.29, 1.82) is 0 Å². The average Bonchev–Trinajstić information content (AvgIpc) is 2.60. The molecule has 3 heteroatoms. The number of rotatable bonds is 9. The van der Waals surface area contributed by atoms with Gasteiger partial charge >= 0.3 is 0 Å². The predicted molar refractivity (Wildman–Crippen MR) is 101 cm³/mol. The molecule has 2 aromatic rings. The molecule has 24 heavy (non-hydrogen) atoms. The van der Waals surface area contributed by atoms with Crippen molar-refractivity contribution in [2.45, 2.75) is 39.0 Å². The van der Waals surface area contributed by atoms with Gasteiger partial charge in [-0.15, -0.1) is 0 Å². The lowest BCUT2D eigenvalue weighted by Crippen LogP contribution is -2.26. The number of aryl methyl sites for hydroxylation is 1.